The van der Waals surface area contributed by atoms with Gasteiger partial charge in [0.15, 0.2) is 0 Å². The van der Waals surface area contributed by atoms with Crippen molar-refractivity contribution in [3.63, 3.8) is 0 Å². The van der Waals surface area contributed by atoms with Crippen molar-refractivity contribution < 1.29 is 4.79 Å². The number of benzene rings is 1. The molecule has 0 aliphatic carbocycles. The van der Waals surface area contributed by atoms with Crippen molar-refractivity contribution in [3.05, 3.63) is 60.3 Å². The Morgan fingerprint density at radius 3 is 2.71 bits per heavy atom. The minimum atomic E-state index is 0.210. The molecule has 0 atom stereocenters. The first-order valence-corrected chi connectivity index (χ1v) is 5.93. The summed E-state index contributed by atoms with van der Waals surface area (Å²) in [6.45, 7) is 4.41. The van der Waals surface area contributed by atoms with E-state index in [1.165, 1.54) is 5.57 Å². The molecular formula is C15H17NO. The Bertz CT molecular complexity index is 433. The molecule has 2 rings (SSSR count). The second-order valence-electron chi connectivity index (χ2n) is 4.29. The fourth-order valence-electron chi connectivity index (χ4n) is 2.02. The molecule has 0 N–H and O–H groups in total. The van der Waals surface area contributed by atoms with Crippen molar-refractivity contribution >= 4 is 5.91 Å². The summed E-state index contributed by atoms with van der Waals surface area (Å²) in [5.41, 5.74) is 2.45. The molecular weight excluding hydrogens is 210 g/mol. The molecule has 0 unspecified atom stereocenters. The quantitative estimate of drug-likeness (QED) is 0.723. The van der Waals surface area contributed by atoms with E-state index in [2.05, 4.69) is 6.58 Å². The van der Waals surface area contributed by atoms with Gasteiger partial charge in [0.25, 0.3) is 0 Å². The molecule has 0 spiro atoms. The van der Waals surface area contributed by atoms with Gasteiger partial charge in [0.1, 0.15) is 0 Å². The van der Waals surface area contributed by atoms with Gasteiger partial charge < -0.3 is 4.90 Å². The number of carbonyl (C=O) groups excluding carboxylic acids is 1. The number of hydrogen-bond acceptors (Lipinski definition) is 1. The van der Waals surface area contributed by atoms with Crippen LogP contribution in [0.25, 0.3) is 0 Å². The molecule has 1 aliphatic rings. The zero-order chi connectivity index (χ0) is 12.1. The average Bonchev–Trinajstić information content (AvgIpc) is 2.35. The zero-order valence-corrected chi connectivity index (χ0v) is 9.93. The van der Waals surface area contributed by atoms with Gasteiger partial charge >= 0.3 is 0 Å². The van der Waals surface area contributed by atoms with Crippen LogP contribution in [0.15, 0.2) is 54.8 Å². The summed E-state index contributed by atoms with van der Waals surface area (Å²) in [7, 11) is 0. The van der Waals surface area contributed by atoms with Crippen LogP contribution in [0.5, 0.6) is 0 Å². The predicted octanol–water partition coefficient (Wildman–Crippen LogP) is 3.27. The monoisotopic (exact) mass is 227 g/mol. The van der Waals surface area contributed by atoms with E-state index < -0.39 is 0 Å². The van der Waals surface area contributed by atoms with Gasteiger partial charge in [-0.2, -0.15) is 0 Å². The lowest BCUT2D eigenvalue weighted by molar-refractivity contribution is -0.129. The number of allylic oxidation sites excluding steroid dienone is 2. The largest absolute Gasteiger partial charge is 0.315 e. The standard InChI is InChI=1S/C15H17NO/c1-2-6-13-9-10-15(17)16(11-13)12-14-7-4-3-5-8-14/h2-5,7-8,11H,1,6,9-10,12H2. The van der Waals surface area contributed by atoms with Crippen molar-refractivity contribution in [1.82, 2.24) is 4.90 Å². The topological polar surface area (TPSA) is 20.3 Å². The lowest BCUT2D eigenvalue weighted by atomic mass is 10.0. The van der Waals surface area contributed by atoms with E-state index in [4.69, 9.17) is 0 Å². The molecule has 0 saturated heterocycles. The molecule has 17 heavy (non-hydrogen) atoms. The molecule has 0 aromatic heterocycles. The van der Waals surface area contributed by atoms with Crippen LogP contribution in [0.4, 0.5) is 0 Å². The second kappa shape index (κ2) is 5.48. The zero-order valence-electron chi connectivity index (χ0n) is 9.93. The summed E-state index contributed by atoms with van der Waals surface area (Å²) in [4.78, 5) is 13.6. The first-order valence-electron chi connectivity index (χ1n) is 5.93. The molecule has 1 aromatic carbocycles. The smallest absolute Gasteiger partial charge is 0.227 e. The van der Waals surface area contributed by atoms with Gasteiger partial charge in [0.05, 0.1) is 6.54 Å². The van der Waals surface area contributed by atoms with E-state index in [-0.39, 0.29) is 5.91 Å². The minimum absolute atomic E-state index is 0.210. The molecule has 88 valence electrons. The lowest BCUT2D eigenvalue weighted by Gasteiger charge is -2.24. The van der Waals surface area contributed by atoms with Crippen LogP contribution in [0.2, 0.25) is 0 Å². The lowest BCUT2D eigenvalue weighted by Crippen LogP contribution is -2.28. The van der Waals surface area contributed by atoms with Crippen LogP contribution >= 0.6 is 0 Å². The Kier molecular flexibility index (Phi) is 3.76. The van der Waals surface area contributed by atoms with E-state index in [0.717, 1.165) is 18.4 Å². The van der Waals surface area contributed by atoms with E-state index in [0.29, 0.717) is 13.0 Å². The number of hydrogen-bond donors (Lipinski definition) is 0. The summed E-state index contributed by atoms with van der Waals surface area (Å²) < 4.78 is 0. The van der Waals surface area contributed by atoms with Gasteiger partial charge in [-0.05, 0) is 24.0 Å². The maximum atomic E-state index is 11.8. The molecule has 0 fully saturated rings. The minimum Gasteiger partial charge on any atom is -0.315 e. The summed E-state index contributed by atoms with van der Waals surface area (Å²) in [5, 5.41) is 0. The third-order valence-corrected chi connectivity index (χ3v) is 2.92. The van der Waals surface area contributed by atoms with Gasteiger partial charge in [-0.3, -0.25) is 4.79 Å². The van der Waals surface area contributed by atoms with Gasteiger partial charge in [-0.15, -0.1) is 6.58 Å². The van der Waals surface area contributed by atoms with E-state index in [9.17, 15) is 4.79 Å². The molecule has 1 heterocycles. The van der Waals surface area contributed by atoms with Gasteiger partial charge in [-0.1, -0.05) is 36.4 Å². The highest BCUT2D eigenvalue weighted by molar-refractivity contribution is 5.78. The normalized spacial score (nSPS) is 15.6. The Hall–Kier alpha value is -1.83. The van der Waals surface area contributed by atoms with Gasteiger partial charge in [0, 0.05) is 12.6 Å². The van der Waals surface area contributed by atoms with Crippen molar-refractivity contribution in [2.45, 2.75) is 25.8 Å². The summed E-state index contributed by atoms with van der Waals surface area (Å²) in [6.07, 6.45) is 6.24. The first kappa shape index (κ1) is 11.6. The Balaban J connectivity index is 2.10. The van der Waals surface area contributed by atoms with Crippen molar-refractivity contribution in [1.29, 1.82) is 0 Å². The number of amides is 1. The van der Waals surface area contributed by atoms with E-state index in [1.807, 2.05) is 47.5 Å². The van der Waals surface area contributed by atoms with Crippen molar-refractivity contribution in [2.24, 2.45) is 0 Å². The third-order valence-electron chi connectivity index (χ3n) is 2.92. The molecule has 2 nitrogen and oxygen atoms in total. The van der Waals surface area contributed by atoms with Gasteiger partial charge in [0.2, 0.25) is 5.91 Å². The van der Waals surface area contributed by atoms with E-state index in [1.54, 1.807) is 0 Å². The second-order valence-corrected chi connectivity index (χ2v) is 4.29. The van der Waals surface area contributed by atoms with Crippen LogP contribution in [0.1, 0.15) is 24.8 Å². The highest BCUT2D eigenvalue weighted by atomic mass is 16.2. The van der Waals surface area contributed by atoms with E-state index >= 15 is 0 Å². The number of rotatable bonds is 4. The van der Waals surface area contributed by atoms with Gasteiger partial charge in [-0.25, -0.2) is 0 Å². The SMILES string of the molecule is C=CCC1=CN(Cc2ccccc2)C(=O)CC1. The maximum absolute atomic E-state index is 11.8. The highest BCUT2D eigenvalue weighted by Gasteiger charge is 2.17. The molecule has 1 aliphatic heterocycles. The van der Waals surface area contributed by atoms with Crippen molar-refractivity contribution in [3.8, 4) is 0 Å². The highest BCUT2D eigenvalue weighted by Crippen LogP contribution is 2.20. The Labute approximate surface area is 102 Å². The van der Waals surface area contributed by atoms with Crippen LogP contribution < -0.4 is 0 Å². The van der Waals surface area contributed by atoms with Crippen LogP contribution in [0, 0.1) is 0 Å². The predicted molar refractivity (Wildman–Crippen MR) is 69.1 cm³/mol. The van der Waals surface area contributed by atoms with Crippen LogP contribution in [-0.4, -0.2) is 10.8 Å². The molecule has 2 heteroatoms. The molecule has 0 bridgehead atoms. The van der Waals surface area contributed by atoms with Crippen LogP contribution in [-0.2, 0) is 11.3 Å². The molecule has 0 saturated carbocycles. The Morgan fingerprint density at radius 2 is 2.00 bits per heavy atom. The first-order chi connectivity index (χ1) is 8.29. The summed E-state index contributed by atoms with van der Waals surface area (Å²) >= 11 is 0. The summed E-state index contributed by atoms with van der Waals surface area (Å²) in [6, 6.07) is 10.1. The molecule has 1 amide bonds. The average molecular weight is 227 g/mol. The van der Waals surface area contributed by atoms with Crippen LogP contribution in [0.3, 0.4) is 0 Å². The van der Waals surface area contributed by atoms with Crippen molar-refractivity contribution in [2.75, 3.05) is 0 Å². The Morgan fingerprint density at radius 1 is 1.24 bits per heavy atom. The number of nitrogens with zero attached hydrogens (tertiary/aromatic N) is 1. The fourth-order valence-corrected chi connectivity index (χ4v) is 2.02. The maximum Gasteiger partial charge on any atom is 0.227 e. The summed E-state index contributed by atoms with van der Waals surface area (Å²) in [5.74, 6) is 0.210. The molecule has 0 radical (unpaired) electrons. The number of carbonyl (C=O) groups is 1. The fraction of sp³-hybridized carbons (Fsp3) is 0.267. The molecule has 1 aromatic rings. The third kappa shape index (κ3) is 3.06.